The second kappa shape index (κ2) is 7.29. The van der Waals surface area contributed by atoms with Gasteiger partial charge in [0, 0.05) is 12.1 Å². The van der Waals surface area contributed by atoms with Gasteiger partial charge in [0.15, 0.2) is 0 Å². The summed E-state index contributed by atoms with van der Waals surface area (Å²) in [5, 5.41) is 3.55. The van der Waals surface area contributed by atoms with Gasteiger partial charge in [-0.05, 0) is 45.3 Å². The molecule has 0 spiro atoms. The first-order valence-electron chi connectivity index (χ1n) is 7.08. The van der Waals surface area contributed by atoms with E-state index in [9.17, 15) is 0 Å². The summed E-state index contributed by atoms with van der Waals surface area (Å²) in [6, 6.07) is 1.34. The normalized spacial score (nSPS) is 23.1. The Hall–Kier alpha value is -0.0800. The van der Waals surface area contributed by atoms with Crippen molar-refractivity contribution < 1.29 is 0 Å². The molecule has 0 aromatic rings. The molecule has 1 N–H and O–H groups in total. The van der Waals surface area contributed by atoms with E-state index in [2.05, 4.69) is 37.9 Å². The van der Waals surface area contributed by atoms with Crippen LogP contribution in [-0.2, 0) is 0 Å². The number of hydrogen-bond donors (Lipinski definition) is 1. The van der Waals surface area contributed by atoms with Gasteiger partial charge in [-0.2, -0.15) is 0 Å². The SMILES string of the molecule is CC(C)NCC(C)C(C)N1CCCCCC1. The van der Waals surface area contributed by atoms with Crippen molar-refractivity contribution in [3.63, 3.8) is 0 Å². The minimum absolute atomic E-state index is 0.610. The van der Waals surface area contributed by atoms with Gasteiger partial charge >= 0.3 is 0 Å². The quantitative estimate of drug-likeness (QED) is 0.775. The Kier molecular flexibility index (Phi) is 6.37. The predicted molar refractivity (Wildman–Crippen MR) is 71.8 cm³/mol. The summed E-state index contributed by atoms with van der Waals surface area (Å²) >= 11 is 0. The Labute approximate surface area is 102 Å². The van der Waals surface area contributed by atoms with E-state index in [1.165, 1.54) is 38.8 Å². The van der Waals surface area contributed by atoms with Crippen molar-refractivity contribution in [2.45, 2.75) is 65.5 Å². The van der Waals surface area contributed by atoms with Crippen LogP contribution in [0.5, 0.6) is 0 Å². The summed E-state index contributed by atoms with van der Waals surface area (Å²) in [4.78, 5) is 2.69. The first kappa shape index (κ1) is 14.0. The Morgan fingerprint density at radius 2 is 1.50 bits per heavy atom. The van der Waals surface area contributed by atoms with Crippen LogP contribution in [0.2, 0.25) is 0 Å². The summed E-state index contributed by atoms with van der Waals surface area (Å²) in [7, 11) is 0. The van der Waals surface area contributed by atoms with Crippen molar-refractivity contribution in [2.24, 2.45) is 5.92 Å². The lowest BCUT2D eigenvalue weighted by Crippen LogP contribution is -2.42. The molecule has 0 aromatic carbocycles. The van der Waals surface area contributed by atoms with Crippen molar-refractivity contribution in [1.82, 2.24) is 10.2 Å². The maximum Gasteiger partial charge on any atom is 0.0105 e. The van der Waals surface area contributed by atoms with Crippen LogP contribution in [0.25, 0.3) is 0 Å². The van der Waals surface area contributed by atoms with Crippen molar-refractivity contribution in [3.05, 3.63) is 0 Å². The molecule has 1 fully saturated rings. The van der Waals surface area contributed by atoms with Gasteiger partial charge in [0.25, 0.3) is 0 Å². The van der Waals surface area contributed by atoms with E-state index in [1.807, 2.05) is 0 Å². The van der Waals surface area contributed by atoms with Crippen LogP contribution in [0.3, 0.4) is 0 Å². The van der Waals surface area contributed by atoms with Gasteiger partial charge in [0.2, 0.25) is 0 Å². The van der Waals surface area contributed by atoms with Crippen molar-refractivity contribution in [1.29, 1.82) is 0 Å². The van der Waals surface area contributed by atoms with Crippen LogP contribution in [0.15, 0.2) is 0 Å². The molecule has 96 valence electrons. The molecule has 0 radical (unpaired) electrons. The molecule has 0 bridgehead atoms. The van der Waals surface area contributed by atoms with E-state index in [4.69, 9.17) is 0 Å². The number of nitrogens with one attached hydrogen (secondary N) is 1. The molecular formula is C14H30N2. The minimum Gasteiger partial charge on any atom is -0.314 e. The van der Waals surface area contributed by atoms with Crippen LogP contribution >= 0.6 is 0 Å². The monoisotopic (exact) mass is 226 g/mol. The lowest BCUT2D eigenvalue weighted by Gasteiger charge is -2.32. The minimum atomic E-state index is 0.610. The maximum atomic E-state index is 3.55. The van der Waals surface area contributed by atoms with Crippen molar-refractivity contribution >= 4 is 0 Å². The highest BCUT2D eigenvalue weighted by molar-refractivity contribution is 4.76. The van der Waals surface area contributed by atoms with Gasteiger partial charge in [-0.1, -0.05) is 33.6 Å². The van der Waals surface area contributed by atoms with E-state index in [1.54, 1.807) is 0 Å². The smallest absolute Gasteiger partial charge is 0.0105 e. The third-order valence-electron chi connectivity index (χ3n) is 3.89. The Morgan fingerprint density at radius 3 is 2.00 bits per heavy atom. The molecule has 2 heteroatoms. The first-order chi connectivity index (χ1) is 7.61. The molecule has 2 atom stereocenters. The topological polar surface area (TPSA) is 15.3 Å². The van der Waals surface area contributed by atoms with Crippen LogP contribution in [0, 0.1) is 5.92 Å². The van der Waals surface area contributed by atoms with Gasteiger partial charge in [0.05, 0.1) is 0 Å². The van der Waals surface area contributed by atoms with Crippen LogP contribution in [0.4, 0.5) is 0 Å². The van der Waals surface area contributed by atoms with Crippen LogP contribution < -0.4 is 5.32 Å². The summed E-state index contributed by atoms with van der Waals surface area (Å²) in [5.41, 5.74) is 0. The number of likely N-dealkylation sites (tertiary alicyclic amines) is 1. The zero-order chi connectivity index (χ0) is 12.0. The highest BCUT2D eigenvalue weighted by atomic mass is 15.2. The second-order valence-electron chi connectivity index (χ2n) is 5.73. The molecule has 1 saturated heterocycles. The standard InChI is InChI=1S/C14H30N2/c1-12(2)15-11-13(3)14(4)16-9-7-5-6-8-10-16/h12-15H,5-11H2,1-4H3. The molecule has 16 heavy (non-hydrogen) atoms. The van der Waals surface area contributed by atoms with Crippen molar-refractivity contribution in [2.75, 3.05) is 19.6 Å². The third kappa shape index (κ3) is 4.84. The van der Waals surface area contributed by atoms with Gasteiger partial charge in [-0.3, -0.25) is 0 Å². The molecular weight excluding hydrogens is 196 g/mol. The Balaban J connectivity index is 2.32. The largest absolute Gasteiger partial charge is 0.314 e. The number of hydrogen-bond acceptors (Lipinski definition) is 2. The first-order valence-corrected chi connectivity index (χ1v) is 7.08. The van der Waals surface area contributed by atoms with Gasteiger partial charge in [-0.25, -0.2) is 0 Å². The van der Waals surface area contributed by atoms with E-state index in [0.717, 1.165) is 18.5 Å². The van der Waals surface area contributed by atoms with Gasteiger partial charge in [0.1, 0.15) is 0 Å². The molecule has 2 unspecified atom stereocenters. The molecule has 2 nitrogen and oxygen atoms in total. The van der Waals surface area contributed by atoms with E-state index < -0.39 is 0 Å². The summed E-state index contributed by atoms with van der Waals surface area (Å²) in [6.07, 6.45) is 5.66. The summed E-state index contributed by atoms with van der Waals surface area (Å²) in [6.45, 7) is 13.0. The molecule has 0 aliphatic carbocycles. The fraction of sp³-hybridized carbons (Fsp3) is 1.00. The molecule has 0 saturated carbocycles. The highest BCUT2D eigenvalue weighted by Gasteiger charge is 2.20. The number of rotatable bonds is 5. The second-order valence-corrected chi connectivity index (χ2v) is 5.73. The van der Waals surface area contributed by atoms with Crippen molar-refractivity contribution in [3.8, 4) is 0 Å². The summed E-state index contributed by atoms with van der Waals surface area (Å²) in [5.74, 6) is 0.750. The molecule has 1 aliphatic rings. The zero-order valence-corrected chi connectivity index (χ0v) is 11.6. The van der Waals surface area contributed by atoms with Crippen LogP contribution in [-0.4, -0.2) is 36.6 Å². The fourth-order valence-electron chi connectivity index (χ4n) is 2.45. The maximum absolute atomic E-state index is 3.55. The lowest BCUT2D eigenvalue weighted by molar-refractivity contribution is 0.164. The Morgan fingerprint density at radius 1 is 0.938 bits per heavy atom. The third-order valence-corrected chi connectivity index (χ3v) is 3.89. The van der Waals surface area contributed by atoms with Gasteiger partial charge in [-0.15, -0.1) is 0 Å². The summed E-state index contributed by atoms with van der Waals surface area (Å²) < 4.78 is 0. The average molecular weight is 226 g/mol. The molecule has 1 heterocycles. The lowest BCUT2D eigenvalue weighted by atomic mass is 10.0. The predicted octanol–water partition coefficient (Wildman–Crippen LogP) is 2.89. The average Bonchev–Trinajstić information content (AvgIpc) is 2.53. The Bertz CT molecular complexity index is 172. The molecule has 0 amide bonds. The van der Waals surface area contributed by atoms with Gasteiger partial charge < -0.3 is 10.2 Å². The number of nitrogens with zero attached hydrogens (tertiary/aromatic N) is 1. The zero-order valence-electron chi connectivity index (χ0n) is 11.6. The highest BCUT2D eigenvalue weighted by Crippen LogP contribution is 2.16. The molecule has 1 rings (SSSR count). The molecule has 1 aliphatic heterocycles. The van der Waals surface area contributed by atoms with E-state index in [0.29, 0.717) is 6.04 Å². The van der Waals surface area contributed by atoms with E-state index in [-0.39, 0.29) is 0 Å². The van der Waals surface area contributed by atoms with E-state index >= 15 is 0 Å². The van der Waals surface area contributed by atoms with Crippen LogP contribution in [0.1, 0.15) is 53.4 Å². The molecule has 0 aromatic heterocycles. The fourth-order valence-corrected chi connectivity index (χ4v) is 2.45.